The van der Waals surface area contributed by atoms with Gasteiger partial charge in [-0.15, -0.1) is 0 Å². The van der Waals surface area contributed by atoms with E-state index in [1.807, 2.05) is 0 Å². The second kappa shape index (κ2) is 7.98. The predicted molar refractivity (Wildman–Crippen MR) is 111 cm³/mol. The van der Waals surface area contributed by atoms with Crippen LogP contribution in [0, 0.1) is 5.82 Å². The summed E-state index contributed by atoms with van der Waals surface area (Å²) in [6.45, 7) is 7.18. The summed E-state index contributed by atoms with van der Waals surface area (Å²) in [5, 5.41) is 0. The molecule has 0 bridgehead atoms. The molecule has 166 valence electrons. The number of benzene rings is 1. The third-order valence-electron chi connectivity index (χ3n) is 5.50. The van der Waals surface area contributed by atoms with Crippen LogP contribution in [0.2, 0.25) is 0 Å². The highest BCUT2D eigenvalue weighted by Gasteiger charge is 2.38. The summed E-state index contributed by atoms with van der Waals surface area (Å²) in [5.74, 6) is -0.788. The largest absolute Gasteiger partial charge is 0.461 e. The number of fused-ring (bicyclic) bond motifs is 2. The minimum atomic E-state index is -0.766. The first kappa shape index (κ1) is 21.3. The molecule has 2 aliphatic carbocycles. The number of rotatable bonds is 4. The Morgan fingerprint density at radius 2 is 1.68 bits per heavy atom. The van der Waals surface area contributed by atoms with E-state index >= 15 is 4.39 Å². The fourth-order valence-electron chi connectivity index (χ4n) is 4.37. The average Bonchev–Trinajstić information content (AvgIpc) is 3.43. The molecule has 0 aliphatic heterocycles. The Morgan fingerprint density at radius 3 is 2.23 bits per heavy atom. The Bertz CT molecular complexity index is 1000. The monoisotopic (exact) mass is 430 g/mol. The standard InChI is InChI=1S/C23H27FN2O5/c1-5-29-20(27)17-12-30-21(25-17)26(22(28)31-23(2,3)4)19-15-10-6-8-13(15)18(24)14-9-7-11-16(14)19/h12H,5-11H2,1-4H3. The quantitative estimate of drug-likeness (QED) is 0.632. The summed E-state index contributed by atoms with van der Waals surface area (Å²) < 4.78 is 31.3. The SMILES string of the molecule is CCOC(=O)c1coc(N(C(=O)OC(C)(C)C)c2c3c(c(F)c4c2CCC4)CCC3)n1. The lowest BCUT2D eigenvalue weighted by Gasteiger charge is -2.28. The van der Waals surface area contributed by atoms with E-state index < -0.39 is 17.7 Å². The number of oxazole rings is 1. The lowest BCUT2D eigenvalue weighted by atomic mass is 9.97. The van der Waals surface area contributed by atoms with Crippen LogP contribution in [0.4, 0.5) is 20.9 Å². The highest BCUT2D eigenvalue weighted by atomic mass is 19.1. The molecule has 2 aromatic rings. The van der Waals surface area contributed by atoms with Crippen molar-refractivity contribution in [1.29, 1.82) is 0 Å². The second-order valence-corrected chi connectivity index (χ2v) is 8.84. The van der Waals surface area contributed by atoms with Gasteiger partial charge in [0.25, 0.3) is 0 Å². The molecule has 2 aliphatic rings. The van der Waals surface area contributed by atoms with E-state index in [9.17, 15) is 9.59 Å². The number of hydrogen-bond donors (Lipinski definition) is 0. The molecule has 1 amide bonds. The van der Waals surface area contributed by atoms with Gasteiger partial charge in [-0.25, -0.2) is 14.0 Å². The van der Waals surface area contributed by atoms with Gasteiger partial charge in [0, 0.05) is 0 Å². The summed E-state index contributed by atoms with van der Waals surface area (Å²) in [6.07, 6.45) is 4.66. The van der Waals surface area contributed by atoms with Crippen LogP contribution < -0.4 is 4.90 Å². The topological polar surface area (TPSA) is 81.9 Å². The van der Waals surface area contributed by atoms with Crippen LogP contribution in [0.5, 0.6) is 0 Å². The molecule has 0 unspecified atom stereocenters. The van der Waals surface area contributed by atoms with Crippen molar-refractivity contribution in [3.63, 3.8) is 0 Å². The number of aromatic nitrogens is 1. The van der Waals surface area contributed by atoms with E-state index in [4.69, 9.17) is 13.9 Å². The maximum absolute atomic E-state index is 15.2. The lowest BCUT2D eigenvalue weighted by Crippen LogP contribution is -2.35. The third-order valence-corrected chi connectivity index (χ3v) is 5.50. The van der Waals surface area contributed by atoms with Gasteiger partial charge in [0.05, 0.1) is 12.3 Å². The Labute approximate surface area is 180 Å². The molecule has 0 fully saturated rings. The fourth-order valence-corrected chi connectivity index (χ4v) is 4.37. The molecule has 0 atom stereocenters. The van der Waals surface area contributed by atoms with Crippen LogP contribution in [0.25, 0.3) is 0 Å². The van der Waals surface area contributed by atoms with Crippen LogP contribution in [0.1, 0.15) is 73.3 Å². The molecule has 7 nitrogen and oxygen atoms in total. The number of halogens is 1. The van der Waals surface area contributed by atoms with Gasteiger partial charge in [-0.3, -0.25) is 0 Å². The zero-order valence-electron chi connectivity index (χ0n) is 18.3. The molecule has 1 aromatic heterocycles. The van der Waals surface area contributed by atoms with Gasteiger partial charge < -0.3 is 13.9 Å². The smallest absolute Gasteiger partial charge is 0.423 e. The summed E-state index contributed by atoms with van der Waals surface area (Å²) in [6, 6.07) is -0.0906. The lowest BCUT2D eigenvalue weighted by molar-refractivity contribution is 0.0517. The number of ether oxygens (including phenoxy) is 2. The van der Waals surface area contributed by atoms with Gasteiger partial charge in [-0.2, -0.15) is 9.88 Å². The first-order valence-electron chi connectivity index (χ1n) is 10.7. The normalized spacial score (nSPS) is 14.9. The molecular weight excluding hydrogens is 403 g/mol. The van der Waals surface area contributed by atoms with Gasteiger partial charge in [0.15, 0.2) is 5.69 Å². The van der Waals surface area contributed by atoms with Crippen molar-refractivity contribution in [1.82, 2.24) is 4.98 Å². The summed E-state index contributed by atoms with van der Waals surface area (Å²) >= 11 is 0. The Morgan fingerprint density at radius 1 is 1.10 bits per heavy atom. The van der Waals surface area contributed by atoms with Crippen molar-refractivity contribution < 1.29 is 27.9 Å². The number of hydrogen-bond acceptors (Lipinski definition) is 6. The van der Waals surface area contributed by atoms with Gasteiger partial charge in [0.2, 0.25) is 0 Å². The van der Waals surface area contributed by atoms with Crippen molar-refractivity contribution in [2.75, 3.05) is 11.5 Å². The summed E-state index contributed by atoms with van der Waals surface area (Å²) in [4.78, 5) is 30.9. The van der Waals surface area contributed by atoms with E-state index in [1.54, 1.807) is 27.7 Å². The number of nitrogens with zero attached hydrogens (tertiary/aromatic N) is 2. The molecule has 0 saturated carbocycles. The highest BCUT2D eigenvalue weighted by Crippen LogP contribution is 2.45. The number of amides is 1. The van der Waals surface area contributed by atoms with Crippen LogP contribution in [0.3, 0.4) is 0 Å². The number of carbonyl (C=O) groups is 2. The Hall–Kier alpha value is -2.90. The Kier molecular flexibility index (Phi) is 5.49. The van der Waals surface area contributed by atoms with E-state index in [0.29, 0.717) is 42.5 Å². The average molecular weight is 430 g/mol. The fraction of sp³-hybridized carbons (Fsp3) is 0.522. The maximum Gasteiger partial charge on any atom is 0.423 e. The van der Waals surface area contributed by atoms with E-state index in [1.165, 1.54) is 4.90 Å². The van der Waals surface area contributed by atoms with Crippen molar-refractivity contribution in [3.05, 3.63) is 40.0 Å². The van der Waals surface area contributed by atoms with Crippen molar-refractivity contribution >= 4 is 23.8 Å². The van der Waals surface area contributed by atoms with Crippen LogP contribution in [-0.4, -0.2) is 29.3 Å². The molecule has 0 spiro atoms. The molecule has 0 N–H and O–H groups in total. The number of esters is 1. The maximum atomic E-state index is 15.2. The van der Waals surface area contributed by atoms with Gasteiger partial charge >= 0.3 is 18.1 Å². The van der Waals surface area contributed by atoms with Gasteiger partial charge in [-0.05, 0) is 88.5 Å². The minimum Gasteiger partial charge on any atom is -0.461 e. The predicted octanol–water partition coefficient (Wildman–Crippen LogP) is 5.04. The summed E-state index contributed by atoms with van der Waals surface area (Å²) in [7, 11) is 0. The highest BCUT2D eigenvalue weighted by molar-refractivity contribution is 5.97. The number of carbonyl (C=O) groups excluding carboxylic acids is 2. The van der Waals surface area contributed by atoms with Crippen LogP contribution in [-0.2, 0) is 35.2 Å². The minimum absolute atomic E-state index is 0.0409. The van der Waals surface area contributed by atoms with Crippen LogP contribution in [0.15, 0.2) is 10.7 Å². The van der Waals surface area contributed by atoms with Crippen molar-refractivity contribution in [3.8, 4) is 0 Å². The molecule has 1 aromatic carbocycles. The van der Waals surface area contributed by atoms with E-state index in [-0.39, 0.29) is 24.1 Å². The molecule has 0 saturated heterocycles. The zero-order chi connectivity index (χ0) is 22.3. The summed E-state index contributed by atoms with van der Waals surface area (Å²) in [5.41, 5.74) is 2.68. The second-order valence-electron chi connectivity index (χ2n) is 8.84. The molecule has 4 rings (SSSR count). The first-order chi connectivity index (χ1) is 14.7. The molecule has 8 heteroatoms. The molecule has 1 heterocycles. The van der Waals surface area contributed by atoms with Gasteiger partial charge in [0.1, 0.15) is 17.7 Å². The van der Waals surface area contributed by atoms with Crippen molar-refractivity contribution in [2.45, 2.75) is 71.8 Å². The van der Waals surface area contributed by atoms with Crippen molar-refractivity contribution in [2.24, 2.45) is 0 Å². The molecule has 31 heavy (non-hydrogen) atoms. The number of anilines is 2. The van der Waals surface area contributed by atoms with E-state index in [0.717, 1.165) is 30.2 Å². The first-order valence-corrected chi connectivity index (χ1v) is 10.7. The van der Waals surface area contributed by atoms with Crippen LogP contribution >= 0.6 is 0 Å². The van der Waals surface area contributed by atoms with E-state index in [2.05, 4.69) is 4.98 Å². The van der Waals surface area contributed by atoms with Gasteiger partial charge in [-0.1, -0.05) is 0 Å². The molecular formula is C23H27FN2O5. The zero-order valence-corrected chi connectivity index (χ0v) is 18.3. The Balaban J connectivity index is 1.88. The third kappa shape index (κ3) is 3.91. The molecule has 0 radical (unpaired) electrons.